The normalized spacial score (nSPS) is 25.3. The molecule has 1 atom stereocenters. The minimum absolute atomic E-state index is 0.683. The summed E-state index contributed by atoms with van der Waals surface area (Å²) in [4.78, 5) is 2.35. The summed E-state index contributed by atoms with van der Waals surface area (Å²) in [6.07, 6.45) is 7.67. The van der Waals surface area contributed by atoms with Gasteiger partial charge in [-0.15, -0.1) is 0 Å². The molecule has 0 aromatic rings. The topological polar surface area (TPSA) is 27.1 Å². The number of amidine groups is 1. The molecule has 2 heteroatoms. The molecule has 1 N–H and O–H groups in total. The highest BCUT2D eigenvalue weighted by Crippen LogP contribution is 2.36. The Morgan fingerprint density at radius 2 is 2.31 bits per heavy atom. The largest absolute Gasteiger partial charge is 0.358 e. The zero-order chi connectivity index (χ0) is 9.26. The maximum atomic E-state index is 7.83. The van der Waals surface area contributed by atoms with E-state index in [9.17, 15) is 0 Å². The zero-order valence-corrected chi connectivity index (χ0v) is 8.55. The molecule has 2 nitrogen and oxygen atoms in total. The van der Waals surface area contributed by atoms with Crippen LogP contribution in [0.5, 0.6) is 0 Å². The van der Waals surface area contributed by atoms with Crippen LogP contribution in [0.3, 0.4) is 0 Å². The Morgan fingerprint density at radius 3 is 2.77 bits per heavy atom. The van der Waals surface area contributed by atoms with Crippen LogP contribution in [-0.2, 0) is 0 Å². The van der Waals surface area contributed by atoms with Gasteiger partial charge in [-0.1, -0.05) is 19.8 Å². The lowest BCUT2D eigenvalue weighted by atomic mass is 10.1. The SMILES string of the molecule is CCC(CC1CC1)N1CCCC1=N. The molecule has 0 radical (unpaired) electrons. The fourth-order valence-corrected chi connectivity index (χ4v) is 2.35. The van der Waals surface area contributed by atoms with Gasteiger partial charge >= 0.3 is 0 Å². The number of hydrogen-bond donors (Lipinski definition) is 1. The molecule has 74 valence electrons. The van der Waals surface area contributed by atoms with Crippen molar-refractivity contribution in [1.29, 1.82) is 5.41 Å². The van der Waals surface area contributed by atoms with Gasteiger partial charge in [-0.05, 0) is 25.2 Å². The monoisotopic (exact) mass is 180 g/mol. The van der Waals surface area contributed by atoms with Crippen LogP contribution >= 0.6 is 0 Å². The van der Waals surface area contributed by atoms with Gasteiger partial charge in [-0.2, -0.15) is 0 Å². The van der Waals surface area contributed by atoms with Crippen molar-refractivity contribution >= 4 is 5.84 Å². The average Bonchev–Trinajstić information content (AvgIpc) is 2.85. The molecule has 13 heavy (non-hydrogen) atoms. The Labute approximate surface area is 80.8 Å². The van der Waals surface area contributed by atoms with E-state index < -0.39 is 0 Å². The number of nitrogens with zero attached hydrogens (tertiary/aromatic N) is 1. The standard InChI is InChI=1S/C11H20N2/c1-2-10(8-9-5-6-9)13-7-3-4-11(13)12/h9-10,12H,2-8H2,1H3. The van der Waals surface area contributed by atoms with E-state index in [2.05, 4.69) is 11.8 Å². The molecule has 1 saturated heterocycles. The molecular formula is C11H20N2. The number of likely N-dealkylation sites (tertiary alicyclic amines) is 1. The summed E-state index contributed by atoms with van der Waals surface area (Å²) >= 11 is 0. The van der Waals surface area contributed by atoms with E-state index in [4.69, 9.17) is 5.41 Å². The Bertz CT molecular complexity index is 196. The third kappa shape index (κ3) is 2.04. The summed E-state index contributed by atoms with van der Waals surface area (Å²) in [6, 6.07) is 0.683. The fourth-order valence-electron chi connectivity index (χ4n) is 2.35. The molecule has 1 heterocycles. The van der Waals surface area contributed by atoms with E-state index in [0.29, 0.717) is 6.04 Å². The summed E-state index contributed by atoms with van der Waals surface area (Å²) < 4.78 is 0. The van der Waals surface area contributed by atoms with Crippen LogP contribution in [0.25, 0.3) is 0 Å². The van der Waals surface area contributed by atoms with Crippen LogP contribution < -0.4 is 0 Å². The summed E-state index contributed by atoms with van der Waals surface area (Å²) in [6.45, 7) is 3.41. The van der Waals surface area contributed by atoms with Gasteiger partial charge in [-0.3, -0.25) is 5.41 Å². The van der Waals surface area contributed by atoms with Crippen LogP contribution in [0, 0.1) is 11.3 Å². The van der Waals surface area contributed by atoms with Gasteiger partial charge in [0.15, 0.2) is 0 Å². The van der Waals surface area contributed by atoms with Gasteiger partial charge < -0.3 is 4.90 Å². The van der Waals surface area contributed by atoms with Gasteiger partial charge in [0.25, 0.3) is 0 Å². The highest BCUT2D eigenvalue weighted by Gasteiger charge is 2.30. The molecule has 1 aliphatic heterocycles. The van der Waals surface area contributed by atoms with Crippen molar-refractivity contribution in [3.05, 3.63) is 0 Å². The molecule has 2 aliphatic rings. The van der Waals surface area contributed by atoms with Crippen molar-refractivity contribution in [2.24, 2.45) is 5.92 Å². The summed E-state index contributed by atoms with van der Waals surface area (Å²) in [5.74, 6) is 1.89. The lowest BCUT2D eigenvalue weighted by molar-refractivity contribution is 0.295. The smallest absolute Gasteiger partial charge is 0.0960 e. The summed E-state index contributed by atoms with van der Waals surface area (Å²) in [7, 11) is 0. The molecular weight excluding hydrogens is 160 g/mol. The van der Waals surface area contributed by atoms with Crippen molar-refractivity contribution in [3.63, 3.8) is 0 Å². The first-order chi connectivity index (χ1) is 6.31. The molecule has 2 fully saturated rings. The Balaban J connectivity index is 1.89. The van der Waals surface area contributed by atoms with Crippen molar-refractivity contribution in [2.75, 3.05) is 6.54 Å². The van der Waals surface area contributed by atoms with Gasteiger partial charge in [0.2, 0.25) is 0 Å². The molecule has 1 saturated carbocycles. The van der Waals surface area contributed by atoms with Gasteiger partial charge in [-0.25, -0.2) is 0 Å². The van der Waals surface area contributed by atoms with Crippen LogP contribution in [0.2, 0.25) is 0 Å². The molecule has 0 aromatic carbocycles. The van der Waals surface area contributed by atoms with Crippen molar-refractivity contribution in [3.8, 4) is 0 Å². The lowest BCUT2D eigenvalue weighted by Crippen LogP contribution is -2.35. The van der Waals surface area contributed by atoms with E-state index >= 15 is 0 Å². The predicted molar refractivity (Wildman–Crippen MR) is 55.1 cm³/mol. The summed E-state index contributed by atoms with van der Waals surface area (Å²) in [5, 5.41) is 7.83. The van der Waals surface area contributed by atoms with E-state index in [0.717, 1.165) is 24.7 Å². The Hall–Kier alpha value is -0.530. The first kappa shape index (κ1) is 9.04. The zero-order valence-electron chi connectivity index (χ0n) is 8.55. The van der Waals surface area contributed by atoms with Gasteiger partial charge in [0, 0.05) is 19.0 Å². The Kier molecular flexibility index (Phi) is 2.56. The van der Waals surface area contributed by atoms with E-state index in [-0.39, 0.29) is 0 Å². The molecule has 0 aromatic heterocycles. The van der Waals surface area contributed by atoms with Crippen LogP contribution in [0.4, 0.5) is 0 Å². The lowest BCUT2D eigenvalue weighted by Gasteiger charge is -2.28. The van der Waals surface area contributed by atoms with Crippen LogP contribution in [-0.4, -0.2) is 23.3 Å². The average molecular weight is 180 g/mol. The fraction of sp³-hybridized carbons (Fsp3) is 0.909. The van der Waals surface area contributed by atoms with Crippen molar-refractivity contribution < 1.29 is 0 Å². The highest BCUT2D eigenvalue weighted by molar-refractivity contribution is 5.81. The van der Waals surface area contributed by atoms with E-state index in [1.165, 1.54) is 32.1 Å². The minimum Gasteiger partial charge on any atom is -0.358 e. The molecule has 0 bridgehead atoms. The second kappa shape index (κ2) is 3.69. The van der Waals surface area contributed by atoms with Crippen LogP contribution in [0.15, 0.2) is 0 Å². The van der Waals surface area contributed by atoms with Crippen LogP contribution in [0.1, 0.15) is 45.4 Å². The Morgan fingerprint density at radius 1 is 1.54 bits per heavy atom. The maximum Gasteiger partial charge on any atom is 0.0960 e. The first-order valence-electron chi connectivity index (χ1n) is 5.65. The minimum atomic E-state index is 0.683. The van der Waals surface area contributed by atoms with E-state index in [1.807, 2.05) is 0 Å². The summed E-state index contributed by atoms with van der Waals surface area (Å²) in [5.41, 5.74) is 0. The number of hydrogen-bond acceptors (Lipinski definition) is 1. The second-order valence-electron chi connectivity index (χ2n) is 4.48. The number of rotatable bonds is 4. The van der Waals surface area contributed by atoms with Gasteiger partial charge in [0.05, 0.1) is 5.84 Å². The second-order valence-corrected chi connectivity index (χ2v) is 4.48. The third-order valence-electron chi connectivity index (χ3n) is 3.37. The van der Waals surface area contributed by atoms with Crippen molar-refractivity contribution in [2.45, 2.75) is 51.5 Å². The van der Waals surface area contributed by atoms with Crippen molar-refractivity contribution in [1.82, 2.24) is 4.90 Å². The molecule has 0 spiro atoms. The number of nitrogens with one attached hydrogen (secondary N) is 1. The molecule has 1 unspecified atom stereocenters. The molecule has 2 rings (SSSR count). The molecule has 0 amide bonds. The molecule has 1 aliphatic carbocycles. The maximum absolute atomic E-state index is 7.83. The first-order valence-corrected chi connectivity index (χ1v) is 5.65. The third-order valence-corrected chi connectivity index (χ3v) is 3.37. The highest BCUT2D eigenvalue weighted by atomic mass is 15.2. The quantitative estimate of drug-likeness (QED) is 0.707. The van der Waals surface area contributed by atoms with Gasteiger partial charge in [0.1, 0.15) is 0 Å². The predicted octanol–water partition coefficient (Wildman–Crippen LogP) is 2.64. The van der Waals surface area contributed by atoms with E-state index in [1.54, 1.807) is 0 Å².